The van der Waals surface area contributed by atoms with Crippen LogP contribution >= 0.6 is 0 Å². The Morgan fingerprint density at radius 3 is 2.22 bits per heavy atom. The van der Waals surface area contributed by atoms with Gasteiger partial charge in [-0.25, -0.2) is 0 Å². The van der Waals surface area contributed by atoms with Gasteiger partial charge in [0.2, 0.25) is 11.6 Å². The summed E-state index contributed by atoms with van der Waals surface area (Å²) < 4.78 is 0. The SMILES string of the molecule is O=C1Cc2ccc3c(ccc4c([N+](=O)[O-])cccc43)c2CC1=O. The molecule has 0 bridgehead atoms. The summed E-state index contributed by atoms with van der Waals surface area (Å²) in [6, 6.07) is 12.2. The molecule has 1 aliphatic carbocycles. The second-order valence-electron chi connectivity index (χ2n) is 5.69. The molecule has 0 amide bonds. The minimum absolute atomic E-state index is 0.0633. The lowest BCUT2D eigenvalue weighted by Crippen LogP contribution is -2.25. The first-order valence-corrected chi connectivity index (χ1v) is 7.23. The maximum Gasteiger partial charge on any atom is 0.277 e. The van der Waals surface area contributed by atoms with E-state index in [4.69, 9.17) is 0 Å². The number of carbonyl (C=O) groups is 2. The van der Waals surface area contributed by atoms with Crippen LogP contribution in [-0.4, -0.2) is 16.5 Å². The second-order valence-corrected chi connectivity index (χ2v) is 5.69. The van der Waals surface area contributed by atoms with Crippen molar-refractivity contribution in [3.05, 3.63) is 63.7 Å². The highest BCUT2D eigenvalue weighted by atomic mass is 16.6. The number of non-ortho nitro benzene ring substituents is 1. The van der Waals surface area contributed by atoms with Gasteiger partial charge in [-0.1, -0.05) is 30.3 Å². The number of Topliss-reactive ketones (excluding diaryl/α,β-unsaturated/α-hetero) is 2. The van der Waals surface area contributed by atoms with Gasteiger partial charge >= 0.3 is 0 Å². The molecule has 0 atom stereocenters. The van der Waals surface area contributed by atoms with Gasteiger partial charge in [-0.2, -0.15) is 0 Å². The van der Waals surface area contributed by atoms with E-state index in [2.05, 4.69) is 0 Å². The monoisotopic (exact) mass is 305 g/mol. The third-order valence-electron chi connectivity index (χ3n) is 4.44. The van der Waals surface area contributed by atoms with Crippen LogP contribution in [0.4, 0.5) is 5.69 Å². The van der Waals surface area contributed by atoms with Gasteiger partial charge < -0.3 is 0 Å². The van der Waals surface area contributed by atoms with Crippen LogP contribution in [0.25, 0.3) is 21.5 Å². The highest BCUT2D eigenvalue weighted by Gasteiger charge is 2.25. The van der Waals surface area contributed by atoms with Crippen LogP contribution in [0.1, 0.15) is 11.1 Å². The summed E-state index contributed by atoms with van der Waals surface area (Å²) in [7, 11) is 0. The van der Waals surface area contributed by atoms with Crippen molar-refractivity contribution in [3.8, 4) is 0 Å². The first-order chi connectivity index (χ1) is 11.1. The van der Waals surface area contributed by atoms with E-state index >= 15 is 0 Å². The molecule has 1 aliphatic rings. The van der Waals surface area contributed by atoms with Gasteiger partial charge in [-0.05, 0) is 33.4 Å². The standard InChI is InChI=1S/C18H11NO4/c20-17-8-10-4-5-12-11-2-1-3-16(19(22)23)14(11)7-6-13(12)15(10)9-18(17)21/h1-7H,8-9H2. The molecule has 0 spiro atoms. The molecule has 0 fully saturated rings. The molecule has 0 heterocycles. The van der Waals surface area contributed by atoms with Crippen molar-refractivity contribution >= 4 is 38.8 Å². The van der Waals surface area contributed by atoms with Crippen LogP contribution < -0.4 is 0 Å². The van der Waals surface area contributed by atoms with Crippen molar-refractivity contribution in [2.45, 2.75) is 12.8 Å². The van der Waals surface area contributed by atoms with Gasteiger partial charge in [0.25, 0.3) is 5.69 Å². The average Bonchev–Trinajstić information content (AvgIpc) is 2.54. The zero-order chi connectivity index (χ0) is 16.1. The van der Waals surface area contributed by atoms with E-state index in [0.29, 0.717) is 5.39 Å². The lowest BCUT2D eigenvalue weighted by atomic mass is 9.85. The number of carbonyl (C=O) groups excluding carboxylic acids is 2. The Bertz CT molecular complexity index is 1040. The van der Waals surface area contributed by atoms with E-state index in [1.807, 2.05) is 24.3 Å². The number of rotatable bonds is 1. The van der Waals surface area contributed by atoms with E-state index in [1.165, 1.54) is 6.07 Å². The number of nitro groups is 1. The van der Waals surface area contributed by atoms with Crippen molar-refractivity contribution in [1.82, 2.24) is 0 Å². The molecule has 0 N–H and O–H groups in total. The first-order valence-electron chi connectivity index (χ1n) is 7.23. The van der Waals surface area contributed by atoms with Gasteiger partial charge in [0.1, 0.15) is 0 Å². The molecule has 3 aromatic rings. The average molecular weight is 305 g/mol. The molecular weight excluding hydrogens is 294 g/mol. The molecule has 23 heavy (non-hydrogen) atoms. The van der Waals surface area contributed by atoms with E-state index in [-0.39, 0.29) is 30.1 Å². The Morgan fingerprint density at radius 1 is 0.783 bits per heavy atom. The Morgan fingerprint density at radius 2 is 1.43 bits per heavy atom. The lowest BCUT2D eigenvalue weighted by molar-refractivity contribution is -0.383. The zero-order valence-electron chi connectivity index (χ0n) is 12.0. The largest absolute Gasteiger partial charge is 0.291 e. The van der Waals surface area contributed by atoms with Crippen LogP contribution in [0.15, 0.2) is 42.5 Å². The molecule has 0 aliphatic heterocycles. The second kappa shape index (κ2) is 4.71. The normalized spacial score (nSPS) is 14.3. The van der Waals surface area contributed by atoms with Gasteiger partial charge in [-0.3, -0.25) is 19.7 Å². The third kappa shape index (κ3) is 1.93. The fourth-order valence-corrected chi connectivity index (χ4v) is 3.33. The number of hydrogen-bond acceptors (Lipinski definition) is 4. The Labute approximate surface area is 130 Å². The number of fused-ring (bicyclic) bond motifs is 5. The Balaban J connectivity index is 2.08. The Hall–Kier alpha value is -3.08. The van der Waals surface area contributed by atoms with Crippen molar-refractivity contribution < 1.29 is 14.5 Å². The lowest BCUT2D eigenvalue weighted by Gasteiger charge is -2.17. The number of nitrogens with zero attached hydrogens (tertiary/aromatic N) is 1. The zero-order valence-corrected chi connectivity index (χ0v) is 12.0. The summed E-state index contributed by atoms with van der Waals surface area (Å²) in [6.07, 6.45) is 0.239. The fourth-order valence-electron chi connectivity index (χ4n) is 3.33. The summed E-state index contributed by atoms with van der Waals surface area (Å²) >= 11 is 0. The fraction of sp³-hybridized carbons (Fsp3) is 0.111. The summed E-state index contributed by atoms with van der Waals surface area (Å²) in [6.45, 7) is 0. The minimum Gasteiger partial charge on any atom is -0.291 e. The van der Waals surface area contributed by atoms with Crippen molar-refractivity contribution in [2.75, 3.05) is 0 Å². The maximum absolute atomic E-state index is 11.8. The number of nitro benzene ring substituents is 1. The highest BCUT2D eigenvalue weighted by molar-refractivity contribution is 6.39. The van der Waals surface area contributed by atoms with E-state index in [1.54, 1.807) is 12.1 Å². The Kier molecular flexibility index (Phi) is 2.78. The molecule has 3 aromatic carbocycles. The predicted molar refractivity (Wildman–Crippen MR) is 85.5 cm³/mol. The molecule has 0 radical (unpaired) electrons. The van der Waals surface area contributed by atoms with Crippen molar-refractivity contribution in [2.24, 2.45) is 0 Å². The first kappa shape index (κ1) is 13.6. The van der Waals surface area contributed by atoms with Gasteiger partial charge in [0.15, 0.2) is 0 Å². The smallest absolute Gasteiger partial charge is 0.277 e. The quantitative estimate of drug-likeness (QED) is 0.299. The van der Waals surface area contributed by atoms with Crippen LogP contribution in [0, 0.1) is 10.1 Å². The van der Waals surface area contributed by atoms with Crippen LogP contribution in [0.2, 0.25) is 0 Å². The summed E-state index contributed by atoms with van der Waals surface area (Å²) in [5.41, 5.74) is 1.79. The summed E-state index contributed by atoms with van der Waals surface area (Å²) in [5.74, 6) is -0.725. The molecule has 112 valence electrons. The van der Waals surface area contributed by atoms with Crippen molar-refractivity contribution in [3.63, 3.8) is 0 Å². The molecule has 0 aromatic heterocycles. The van der Waals surface area contributed by atoms with Crippen LogP contribution in [0.5, 0.6) is 0 Å². The molecule has 0 saturated heterocycles. The van der Waals surface area contributed by atoms with E-state index in [0.717, 1.165) is 27.3 Å². The van der Waals surface area contributed by atoms with Gasteiger partial charge in [-0.15, -0.1) is 0 Å². The summed E-state index contributed by atoms with van der Waals surface area (Å²) in [4.78, 5) is 34.2. The molecule has 5 heteroatoms. The molecule has 5 nitrogen and oxygen atoms in total. The highest BCUT2D eigenvalue weighted by Crippen LogP contribution is 2.35. The van der Waals surface area contributed by atoms with Crippen LogP contribution in [0.3, 0.4) is 0 Å². The number of benzene rings is 3. The van der Waals surface area contributed by atoms with Crippen molar-refractivity contribution in [1.29, 1.82) is 0 Å². The van der Waals surface area contributed by atoms with E-state index in [9.17, 15) is 19.7 Å². The third-order valence-corrected chi connectivity index (χ3v) is 4.44. The topological polar surface area (TPSA) is 77.3 Å². The maximum atomic E-state index is 11.8. The predicted octanol–water partition coefficient (Wildman–Crippen LogP) is 3.14. The molecule has 4 rings (SSSR count). The van der Waals surface area contributed by atoms with Gasteiger partial charge in [0.05, 0.1) is 10.3 Å². The molecular formula is C18H11NO4. The van der Waals surface area contributed by atoms with E-state index < -0.39 is 4.92 Å². The summed E-state index contributed by atoms with van der Waals surface area (Å²) in [5, 5.41) is 14.3. The number of hydrogen-bond donors (Lipinski definition) is 0. The molecule has 0 saturated carbocycles. The van der Waals surface area contributed by atoms with Gasteiger partial charge in [0, 0.05) is 18.9 Å². The minimum atomic E-state index is -0.394. The number of ketones is 2. The van der Waals surface area contributed by atoms with Crippen LogP contribution in [-0.2, 0) is 22.4 Å². The molecule has 0 unspecified atom stereocenters.